The molecule has 1 fully saturated rings. The molecule has 3 N–H and O–H groups in total. The van der Waals surface area contributed by atoms with Crippen LogP contribution in [0.1, 0.15) is 46.0 Å². The molecule has 0 spiro atoms. The fourth-order valence-electron chi connectivity index (χ4n) is 2.39. The Balaban J connectivity index is 2.45. The van der Waals surface area contributed by atoms with E-state index >= 15 is 0 Å². The summed E-state index contributed by atoms with van der Waals surface area (Å²) >= 11 is 0. The molecule has 0 saturated carbocycles. The number of amides is 3. The molecule has 2 atom stereocenters. The third kappa shape index (κ3) is 5.61. The summed E-state index contributed by atoms with van der Waals surface area (Å²) in [5.74, 6) is -1.19. The molecule has 21 heavy (non-hydrogen) atoms. The fraction of sp³-hybridized carbons (Fsp3) is 0.786. The van der Waals surface area contributed by atoms with Crippen molar-refractivity contribution in [2.75, 3.05) is 13.1 Å². The van der Waals surface area contributed by atoms with Gasteiger partial charge in [-0.2, -0.15) is 0 Å². The van der Waals surface area contributed by atoms with E-state index in [0.29, 0.717) is 12.8 Å². The van der Waals surface area contributed by atoms with Crippen molar-refractivity contribution >= 4 is 17.9 Å². The van der Waals surface area contributed by atoms with E-state index in [1.54, 1.807) is 11.8 Å². The van der Waals surface area contributed by atoms with Crippen LogP contribution in [0.3, 0.4) is 0 Å². The Morgan fingerprint density at radius 3 is 2.29 bits per heavy atom. The number of carbonyl (C=O) groups is 3. The lowest BCUT2D eigenvalue weighted by atomic mass is 10.1. The van der Waals surface area contributed by atoms with Gasteiger partial charge in [-0.1, -0.05) is 13.3 Å². The summed E-state index contributed by atoms with van der Waals surface area (Å²) in [5, 5.41) is 13.9. The largest absolute Gasteiger partial charge is 0.480 e. The quantitative estimate of drug-likeness (QED) is 0.679. The van der Waals surface area contributed by atoms with Crippen LogP contribution in [-0.4, -0.2) is 53.1 Å². The lowest BCUT2D eigenvalue weighted by Crippen LogP contribution is -2.53. The van der Waals surface area contributed by atoms with Crippen LogP contribution in [0.25, 0.3) is 0 Å². The smallest absolute Gasteiger partial charge is 0.326 e. The molecule has 0 bridgehead atoms. The second kappa shape index (κ2) is 8.49. The van der Waals surface area contributed by atoms with Gasteiger partial charge in [0.15, 0.2) is 0 Å². The molecule has 0 aromatic carbocycles. The molecule has 1 unspecified atom stereocenters. The van der Waals surface area contributed by atoms with Crippen LogP contribution in [0.15, 0.2) is 0 Å². The van der Waals surface area contributed by atoms with Gasteiger partial charge in [0.2, 0.25) is 5.91 Å². The van der Waals surface area contributed by atoms with Crippen LogP contribution in [0.2, 0.25) is 0 Å². The van der Waals surface area contributed by atoms with Gasteiger partial charge in [-0.15, -0.1) is 0 Å². The molecular formula is C14H25N3O4. The summed E-state index contributed by atoms with van der Waals surface area (Å²) in [4.78, 5) is 36.6. The highest BCUT2D eigenvalue weighted by atomic mass is 16.4. The molecule has 0 aromatic rings. The van der Waals surface area contributed by atoms with Crippen LogP contribution < -0.4 is 10.6 Å². The third-order valence-electron chi connectivity index (χ3n) is 3.57. The minimum Gasteiger partial charge on any atom is -0.480 e. The van der Waals surface area contributed by atoms with Crippen molar-refractivity contribution in [3.05, 3.63) is 0 Å². The minimum atomic E-state index is -1.07. The van der Waals surface area contributed by atoms with Gasteiger partial charge in [0, 0.05) is 13.1 Å². The first-order valence-corrected chi connectivity index (χ1v) is 7.54. The lowest BCUT2D eigenvalue weighted by Gasteiger charge is -2.29. The Labute approximate surface area is 125 Å². The number of carboxylic acid groups (broad SMARTS) is 1. The highest BCUT2D eigenvalue weighted by Crippen LogP contribution is 2.09. The first kappa shape index (κ1) is 17.3. The van der Waals surface area contributed by atoms with Crippen LogP contribution >= 0.6 is 0 Å². The predicted octanol–water partition coefficient (Wildman–Crippen LogP) is 0.940. The van der Waals surface area contributed by atoms with Gasteiger partial charge >= 0.3 is 12.0 Å². The van der Waals surface area contributed by atoms with E-state index in [1.807, 2.05) is 6.92 Å². The minimum absolute atomic E-state index is 0.118. The van der Waals surface area contributed by atoms with Crippen molar-refractivity contribution in [2.24, 2.45) is 0 Å². The number of piperidine rings is 1. The van der Waals surface area contributed by atoms with Crippen LogP contribution in [0, 0.1) is 0 Å². The maximum Gasteiger partial charge on any atom is 0.326 e. The number of rotatable bonds is 6. The Kier molecular flexibility index (Phi) is 6.98. The summed E-state index contributed by atoms with van der Waals surface area (Å²) in [6.45, 7) is 4.91. The topological polar surface area (TPSA) is 98.7 Å². The molecule has 0 aliphatic carbocycles. The van der Waals surface area contributed by atoms with Gasteiger partial charge in [0.1, 0.15) is 12.1 Å². The first-order chi connectivity index (χ1) is 9.95. The van der Waals surface area contributed by atoms with Gasteiger partial charge in [-0.05, 0) is 32.6 Å². The second-order valence-electron chi connectivity index (χ2n) is 5.40. The first-order valence-electron chi connectivity index (χ1n) is 7.54. The molecule has 7 heteroatoms. The summed E-state index contributed by atoms with van der Waals surface area (Å²) in [7, 11) is 0. The molecule has 1 aliphatic heterocycles. The predicted molar refractivity (Wildman–Crippen MR) is 77.9 cm³/mol. The number of carbonyl (C=O) groups excluding carboxylic acids is 2. The summed E-state index contributed by atoms with van der Waals surface area (Å²) < 4.78 is 0. The number of hydrogen-bond acceptors (Lipinski definition) is 3. The molecule has 1 saturated heterocycles. The molecule has 120 valence electrons. The van der Waals surface area contributed by atoms with Gasteiger partial charge in [0.05, 0.1) is 0 Å². The molecule has 0 radical (unpaired) electrons. The Hall–Kier alpha value is -1.79. The highest BCUT2D eigenvalue weighted by molar-refractivity contribution is 5.88. The van der Waals surface area contributed by atoms with E-state index in [1.165, 1.54) is 0 Å². The summed E-state index contributed by atoms with van der Waals surface area (Å²) in [6.07, 6.45) is 4.12. The number of carboxylic acids is 1. The third-order valence-corrected chi connectivity index (χ3v) is 3.57. The zero-order valence-corrected chi connectivity index (χ0v) is 12.7. The monoisotopic (exact) mass is 299 g/mol. The average molecular weight is 299 g/mol. The molecule has 1 aliphatic rings. The molecule has 1 heterocycles. The Morgan fingerprint density at radius 1 is 1.14 bits per heavy atom. The lowest BCUT2D eigenvalue weighted by molar-refractivity contribution is -0.139. The van der Waals surface area contributed by atoms with Crippen molar-refractivity contribution in [3.63, 3.8) is 0 Å². The van der Waals surface area contributed by atoms with Crippen LogP contribution in [0.4, 0.5) is 4.79 Å². The van der Waals surface area contributed by atoms with Crippen LogP contribution in [0.5, 0.6) is 0 Å². The molecule has 3 amide bonds. The summed E-state index contributed by atoms with van der Waals surface area (Å²) in [5.41, 5.74) is 0. The fourth-order valence-corrected chi connectivity index (χ4v) is 2.39. The zero-order valence-electron chi connectivity index (χ0n) is 12.7. The average Bonchev–Trinajstić information content (AvgIpc) is 2.46. The zero-order chi connectivity index (χ0) is 15.8. The Bertz CT molecular complexity index is 380. The number of nitrogens with one attached hydrogen (secondary N) is 2. The van der Waals surface area contributed by atoms with Crippen LogP contribution in [-0.2, 0) is 9.59 Å². The van der Waals surface area contributed by atoms with Gasteiger partial charge in [-0.3, -0.25) is 4.79 Å². The molecule has 7 nitrogen and oxygen atoms in total. The van der Waals surface area contributed by atoms with Gasteiger partial charge in [-0.25, -0.2) is 9.59 Å². The van der Waals surface area contributed by atoms with Crippen molar-refractivity contribution in [2.45, 2.75) is 58.0 Å². The summed E-state index contributed by atoms with van der Waals surface area (Å²) in [6, 6.07) is -2.19. The number of aliphatic carboxylic acids is 1. The van der Waals surface area contributed by atoms with E-state index in [9.17, 15) is 14.4 Å². The molecule has 0 aromatic heterocycles. The van der Waals surface area contributed by atoms with E-state index in [0.717, 1.165) is 32.4 Å². The molecule has 1 rings (SSSR count). The number of likely N-dealkylation sites (tertiary alicyclic amines) is 1. The van der Waals surface area contributed by atoms with E-state index in [4.69, 9.17) is 5.11 Å². The van der Waals surface area contributed by atoms with Crippen molar-refractivity contribution in [1.82, 2.24) is 15.5 Å². The van der Waals surface area contributed by atoms with E-state index in [2.05, 4.69) is 10.6 Å². The van der Waals surface area contributed by atoms with Crippen molar-refractivity contribution in [1.29, 1.82) is 0 Å². The number of hydrogen-bond donors (Lipinski definition) is 3. The number of nitrogens with zero attached hydrogens (tertiary/aromatic N) is 1. The standard InChI is InChI=1S/C14H25N3O4/c1-3-7-11(13(19)20)16-14(21)15-10(2)12(18)17-8-5-4-6-9-17/h10-11H,3-9H2,1-2H3,(H,19,20)(H2,15,16,21)/t10?,11-/m0/s1. The second-order valence-corrected chi connectivity index (χ2v) is 5.40. The van der Waals surface area contributed by atoms with Gasteiger partial charge in [0.25, 0.3) is 0 Å². The number of urea groups is 1. The van der Waals surface area contributed by atoms with E-state index in [-0.39, 0.29) is 5.91 Å². The van der Waals surface area contributed by atoms with E-state index < -0.39 is 24.1 Å². The maximum absolute atomic E-state index is 12.1. The van der Waals surface area contributed by atoms with Gasteiger partial charge < -0.3 is 20.6 Å². The maximum atomic E-state index is 12.1. The Morgan fingerprint density at radius 2 is 1.76 bits per heavy atom. The van der Waals surface area contributed by atoms with Crippen molar-refractivity contribution in [3.8, 4) is 0 Å². The SMILES string of the molecule is CCC[C@H](NC(=O)NC(C)C(=O)N1CCCCC1)C(=O)O. The highest BCUT2D eigenvalue weighted by Gasteiger charge is 2.25. The molecular weight excluding hydrogens is 274 g/mol. The van der Waals surface area contributed by atoms with Crippen molar-refractivity contribution < 1.29 is 19.5 Å². The normalized spacial score (nSPS) is 17.7.